The minimum Gasteiger partial charge on any atom is -0.444 e. The molecule has 3 heterocycles. The summed E-state index contributed by atoms with van der Waals surface area (Å²) in [5, 5.41) is 0.432. The van der Waals surface area contributed by atoms with Crippen molar-refractivity contribution in [1.29, 1.82) is 0 Å². The standard InChI is InChI=1S/C29H32FN5O4S/c1-20-16-33(28(36)39-29(2,3)4)14-15-34(20)26-25-23(22-12-8-9-13-24(22)30)17-35(27(25)32-19-31-26)40(37,38)18-21-10-6-5-7-11-21/h5-13,17,19-20H,14-16,18H2,1-4H3/t20-/m0/s1. The summed E-state index contributed by atoms with van der Waals surface area (Å²) >= 11 is 0. The lowest BCUT2D eigenvalue weighted by molar-refractivity contribution is 0.0218. The van der Waals surface area contributed by atoms with Crippen LogP contribution in [0.2, 0.25) is 0 Å². The summed E-state index contributed by atoms with van der Waals surface area (Å²) < 4.78 is 49.1. The number of carbonyl (C=O) groups is 1. The minimum atomic E-state index is -3.92. The largest absolute Gasteiger partial charge is 0.444 e. The van der Waals surface area contributed by atoms with Gasteiger partial charge in [0, 0.05) is 43.0 Å². The fourth-order valence-corrected chi connectivity index (χ4v) is 6.37. The number of halogens is 1. The highest BCUT2D eigenvalue weighted by atomic mass is 32.2. The molecule has 0 radical (unpaired) electrons. The van der Waals surface area contributed by atoms with Crippen molar-refractivity contribution in [3.05, 3.63) is 78.5 Å². The van der Waals surface area contributed by atoms with Crippen LogP contribution < -0.4 is 4.90 Å². The fourth-order valence-electron chi connectivity index (χ4n) is 4.95. The number of hydrogen-bond acceptors (Lipinski definition) is 7. The van der Waals surface area contributed by atoms with E-state index in [0.29, 0.717) is 42.0 Å². The molecule has 2 aromatic heterocycles. The van der Waals surface area contributed by atoms with Gasteiger partial charge in [0.15, 0.2) is 5.65 Å². The zero-order valence-electron chi connectivity index (χ0n) is 22.9. The second kappa shape index (κ2) is 10.5. The minimum absolute atomic E-state index is 0.168. The number of benzene rings is 2. The second-order valence-corrected chi connectivity index (χ2v) is 12.8. The van der Waals surface area contributed by atoms with Gasteiger partial charge in [0.05, 0.1) is 11.1 Å². The Morgan fingerprint density at radius 1 is 1.02 bits per heavy atom. The predicted octanol–water partition coefficient (Wildman–Crippen LogP) is 5.06. The highest BCUT2D eigenvalue weighted by Crippen LogP contribution is 2.38. The molecule has 0 unspecified atom stereocenters. The molecule has 4 aromatic rings. The summed E-state index contributed by atoms with van der Waals surface area (Å²) in [7, 11) is -3.92. The van der Waals surface area contributed by atoms with E-state index in [9.17, 15) is 13.2 Å². The van der Waals surface area contributed by atoms with E-state index >= 15 is 4.39 Å². The Hall–Kier alpha value is -3.99. The number of aromatic nitrogens is 3. The molecule has 0 aliphatic carbocycles. The third-order valence-corrected chi connectivity index (χ3v) is 8.31. The average Bonchev–Trinajstić information content (AvgIpc) is 3.29. The normalized spacial score (nSPS) is 16.4. The molecule has 1 aliphatic heterocycles. The van der Waals surface area contributed by atoms with Crippen LogP contribution in [0.5, 0.6) is 0 Å². The van der Waals surface area contributed by atoms with Crippen LogP contribution in [0, 0.1) is 5.82 Å². The molecule has 11 heteroatoms. The number of hydrogen-bond donors (Lipinski definition) is 0. The van der Waals surface area contributed by atoms with Gasteiger partial charge in [-0.2, -0.15) is 0 Å². The van der Waals surface area contributed by atoms with E-state index < -0.39 is 27.5 Å². The fraction of sp³-hybridized carbons (Fsp3) is 0.345. The van der Waals surface area contributed by atoms with Gasteiger partial charge in [0.1, 0.15) is 23.6 Å². The van der Waals surface area contributed by atoms with Crippen molar-refractivity contribution < 1.29 is 22.3 Å². The monoisotopic (exact) mass is 565 g/mol. The maximum Gasteiger partial charge on any atom is 0.410 e. The number of piperazine rings is 1. The summed E-state index contributed by atoms with van der Waals surface area (Å²) in [6, 6.07) is 14.9. The highest BCUT2D eigenvalue weighted by molar-refractivity contribution is 7.89. The highest BCUT2D eigenvalue weighted by Gasteiger charge is 2.33. The molecule has 2 aromatic carbocycles. The topological polar surface area (TPSA) is 97.6 Å². The Morgan fingerprint density at radius 3 is 2.40 bits per heavy atom. The van der Waals surface area contributed by atoms with Crippen LogP contribution in [0.25, 0.3) is 22.2 Å². The lowest BCUT2D eigenvalue weighted by Gasteiger charge is -2.41. The van der Waals surface area contributed by atoms with Crippen LogP contribution in [0.1, 0.15) is 33.3 Å². The Bertz CT molecular complexity index is 1650. The number of ether oxygens (including phenoxy) is 1. The first-order chi connectivity index (χ1) is 18.9. The van der Waals surface area contributed by atoms with Gasteiger partial charge in [0.2, 0.25) is 10.0 Å². The number of carbonyl (C=O) groups excluding carboxylic acids is 1. The van der Waals surface area contributed by atoms with Crippen molar-refractivity contribution in [2.24, 2.45) is 0 Å². The summed E-state index contributed by atoms with van der Waals surface area (Å²) in [4.78, 5) is 25.3. The van der Waals surface area contributed by atoms with Gasteiger partial charge in [-0.05, 0) is 39.3 Å². The molecule has 0 bridgehead atoms. The van der Waals surface area contributed by atoms with E-state index in [0.717, 1.165) is 3.97 Å². The zero-order valence-corrected chi connectivity index (χ0v) is 23.7. The third-order valence-electron chi connectivity index (χ3n) is 6.74. The molecule has 1 atom stereocenters. The van der Waals surface area contributed by atoms with Crippen LogP contribution in [-0.2, 0) is 20.5 Å². The quantitative estimate of drug-likeness (QED) is 0.334. The van der Waals surface area contributed by atoms with Gasteiger partial charge in [-0.15, -0.1) is 0 Å². The van der Waals surface area contributed by atoms with Crippen molar-refractivity contribution in [2.45, 2.75) is 45.1 Å². The number of fused-ring (bicyclic) bond motifs is 1. The Labute approximate surface area is 233 Å². The van der Waals surface area contributed by atoms with Gasteiger partial charge in [-0.3, -0.25) is 0 Å². The first-order valence-electron chi connectivity index (χ1n) is 13.1. The van der Waals surface area contributed by atoms with E-state index in [1.54, 1.807) is 47.4 Å². The van der Waals surface area contributed by atoms with Gasteiger partial charge in [0.25, 0.3) is 0 Å². The van der Waals surface area contributed by atoms with Gasteiger partial charge in [-0.25, -0.2) is 31.5 Å². The third kappa shape index (κ3) is 5.51. The smallest absolute Gasteiger partial charge is 0.410 e. The van der Waals surface area contributed by atoms with Crippen LogP contribution >= 0.6 is 0 Å². The lowest BCUT2D eigenvalue weighted by atomic mass is 10.0. The predicted molar refractivity (Wildman–Crippen MR) is 152 cm³/mol. The lowest BCUT2D eigenvalue weighted by Crippen LogP contribution is -2.54. The molecule has 40 heavy (non-hydrogen) atoms. The number of amides is 1. The van der Waals surface area contributed by atoms with Crippen molar-refractivity contribution in [2.75, 3.05) is 24.5 Å². The number of nitrogens with zero attached hydrogens (tertiary/aromatic N) is 5. The van der Waals surface area contributed by atoms with Gasteiger partial charge >= 0.3 is 6.09 Å². The number of anilines is 1. The van der Waals surface area contributed by atoms with E-state index in [4.69, 9.17) is 4.74 Å². The van der Waals surface area contributed by atoms with E-state index in [1.807, 2.05) is 38.7 Å². The van der Waals surface area contributed by atoms with E-state index in [1.165, 1.54) is 18.6 Å². The molecule has 1 fully saturated rings. The summed E-state index contributed by atoms with van der Waals surface area (Å²) in [5.41, 5.74) is 0.803. The second-order valence-electron chi connectivity index (χ2n) is 10.9. The Kier molecular flexibility index (Phi) is 7.26. The average molecular weight is 566 g/mol. The van der Waals surface area contributed by atoms with Crippen molar-refractivity contribution >= 4 is 33.0 Å². The van der Waals surface area contributed by atoms with E-state index in [2.05, 4.69) is 9.97 Å². The molecule has 9 nitrogen and oxygen atoms in total. The van der Waals surface area contributed by atoms with Crippen LogP contribution in [0.4, 0.5) is 15.0 Å². The summed E-state index contributed by atoms with van der Waals surface area (Å²) in [6.45, 7) is 8.60. The molecular weight excluding hydrogens is 533 g/mol. The Morgan fingerprint density at radius 2 is 1.73 bits per heavy atom. The molecular formula is C29H32FN5O4S. The molecule has 1 saturated heterocycles. The van der Waals surface area contributed by atoms with Crippen molar-refractivity contribution in [3.63, 3.8) is 0 Å². The van der Waals surface area contributed by atoms with Crippen molar-refractivity contribution in [1.82, 2.24) is 18.8 Å². The molecule has 1 aliphatic rings. The zero-order chi connectivity index (χ0) is 28.7. The molecule has 0 spiro atoms. The van der Waals surface area contributed by atoms with E-state index in [-0.39, 0.29) is 23.0 Å². The number of rotatable bonds is 5. The molecule has 0 saturated carbocycles. The maximum atomic E-state index is 15.1. The first kappa shape index (κ1) is 27.6. The summed E-state index contributed by atoms with van der Waals surface area (Å²) in [6.07, 6.45) is 2.36. The molecule has 5 rings (SSSR count). The first-order valence-corrected chi connectivity index (χ1v) is 14.7. The van der Waals surface area contributed by atoms with Crippen LogP contribution in [0.15, 0.2) is 67.1 Å². The summed E-state index contributed by atoms with van der Waals surface area (Å²) in [5.74, 6) is -0.258. The Balaban J connectivity index is 1.60. The van der Waals surface area contributed by atoms with Gasteiger partial charge in [-0.1, -0.05) is 48.5 Å². The molecule has 210 valence electrons. The van der Waals surface area contributed by atoms with Crippen molar-refractivity contribution in [3.8, 4) is 11.1 Å². The van der Waals surface area contributed by atoms with Crippen LogP contribution in [0.3, 0.4) is 0 Å². The van der Waals surface area contributed by atoms with Crippen LogP contribution in [-0.4, -0.2) is 64.6 Å². The maximum absolute atomic E-state index is 15.1. The van der Waals surface area contributed by atoms with Gasteiger partial charge < -0.3 is 14.5 Å². The molecule has 0 N–H and O–H groups in total. The SMILES string of the molecule is C[C@H]1CN(C(=O)OC(C)(C)C)CCN1c1ncnc2c1c(-c1ccccc1F)cn2S(=O)(=O)Cc1ccccc1. The molecule has 1 amide bonds.